The summed E-state index contributed by atoms with van der Waals surface area (Å²) in [6, 6.07) is 2.50. The molecular weight excluding hydrogens is 308 g/mol. The molecule has 6 heteroatoms. The van der Waals surface area contributed by atoms with Crippen molar-refractivity contribution in [3.05, 3.63) is 40.6 Å². The SMILES string of the molecule is CN(Cc1nccs1)[C@H]1CC12CCN(C(=O)c1cc[nH]c1)CC2. The van der Waals surface area contributed by atoms with Gasteiger partial charge in [-0.2, -0.15) is 0 Å². The highest BCUT2D eigenvalue weighted by Crippen LogP contribution is 2.56. The molecule has 122 valence electrons. The molecule has 5 nitrogen and oxygen atoms in total. The molecule has 4 rings (SSSR count). The van der Waals surface area contributed by atoms with E-state index in [1.54, 1.807) is 17.5 Å². The van der Waals surface area contributed by atoms with Crippen LogP contribution in [0.2, 0.25) is 0 Å². The maximum Gasteiger partial charge on any atom is 0.255 e. The largest absolute Gasteiger partial charge is 0.367 e. The standard InChI is InChI=1S/C17H22N4OS/c1-20(12-15-19-6-9-23-15)14-10-17(14)3-7-21(8-4-17)16(22)13-2-5-18-11-13/h2,5-6,9,11,14,18H,3-4,7-8,10,12H2,1H3/t14-/m0/s1. The predicted molar refractivity (Wildman–Crippen MR) is 90.3 cm³/mol. The van der Waals surface area contributed by atoms with Gasteiger partial charge in [0.25, 0.3) is 5.91 Å². The molecule has 0 unspecified atom stereocenters. The fourth-order valence-corrected chi connectivity index (χ4v) is 4.61. The van der Waals surface area contributed by atoms with Gasteiger partial charge in [-0.25, -0.2) is 4.98 Å². The lowest BCUT2D eigenvalue weighted by molar-refractivity contribution is 0.0658. The van der Waals surface area contributed by atoms with Gasteiger partial charge < -0.3 is 9.88 Å². The van der Waals surface area contributed by atoms with E-state index in [-0.39, 0.29) is 5.91 Å². The lowest BCUT2D eigenvalue weighted by Gasteiger charge is -2.34. The number of carbonyl (C=O) groups excluding carboxylic acids is 1. The average molecular weight is 330 g/mol. The van der Waals surface area contributed by atoms with Crippen LogP contribution >= 0.6 is 11.3 Å². The molecule has 1 N–H and O–H groups in total. The highest BCUT2D eigenvalue weighted by molar-refractivity contribution is 7.09. The molecule has 2 aliphatic rings. The highest BCUT2D eigenvalue weighted by atomic mass is 32.1. The van der Waals surface area contributed by atoms with Crippen molar-refractivity contribution in [2.24, 2.45) is 5.41 Å². The minimum Gasteiger partial charge on any atom is -0.367 e. The Kier molecular flexibility index (Phi) is 3.73. The Morgan fingerprint density at radius 1 is 1.52 bits per heavy atom. The predicted octanol–water partition coefficient (Wildman–Crippen LogP) is 2.60. The van der Waals surface area contributed by atoms with Gasteiger partial charge in [0, 0.05) is 43.1 Å². The van der Waals surface area contributed by atoms with E-state index in [4.69, 9.17) is 0 Å². The topological polar surface area (TPSA) is 52.2 Å². The maximum absolute atomic E-state index is 12.4. The zero-order valence-electron chi connectivity index (χ0n) is 13.4. The van der Waals surface area contributed by atoms with Crippen LogP contribution in [0.4, 0.5) is 0 Å². The number of thiazole rings is 1. The van der Waals surface area contributed by atoms with Crippen LogP contribution in [-0.2, 0) is 6.54 Å². The van der Waals surface area contributed by atoms with Crippen molar-refractivity contribution < 1.29 is 4.79 Å². The van der Waals surface area contributed by atoms with Crippen molar-refractivity contribution >= 4 is 17.2 Å². The summed E-state index contributed by atoms with van der Waals surface area (Å²) in [6.07, 6.45) is 8.98. The summed E-state index contributed by atoms with van der Waals surface area (Å²) in [5.74, 6) is 0.162. The van der Waals surface area contributed by atoms with Crippen molar-refractivity contribution in [2.75, 3.05) is 20.1 Å². The zero-order valence-corrected chi connectivity index (χ0v) is 14.2. The van der Waals surface area contributed by atoms with Crippen LogP contribution in [0.1, 0.15) is 34.6 Å². The Balaban J connectivity index is 1.32. The van der Waals surface area contributed by atoms with Gasteiger partial charge in [-0.05, 0) is 37.8 Å². The minimum atomic E-state index is 0.162. The normalized spacial score (nSPS) is 22.7. The molecule has 1 amide bonds. The van der Waals surface area contributed by atoms with Gasteiger partial charge in [0.1, 0.15) is 5.01 Å². The molecule has 2 fully saturated rings. The molecule has 0 aromatic carbocycles. The number of aromatic nitrogens is 2. The van der Waals surface area contributed by atoms with Crippen LogP contribution in [0, 0.1) is 5.41 Å². The van der Waals surface area contributed by atoms with Crippen LogP contribution in [-0.4, -0.2) is 51.9 Å². The smallest absolute Gasteiger partial charge is 0.255 e. The molecule has 1 saturated heterocycles. The van der Waals surface area contributed by atoms with Crippen LogP contribution in [0.25, 0.3) is 0 Å². The van der Waals surface area contributed by atoms with Crippen LogP contribution in [0.15, 0.2) is 30.0 Å². The summed E-state index contributed by atoms with van der Waals surface area (Å²) >= 11 is 1.73. The number of rotatable bonds is 4. The summed E-state index contributed by atoms with van der Waals surface area (Å²) in [7, 11) is 2.21. The number of hydrogen-bond donors (Lipinski definition) is 1. The first-order valence-corrected chi connectivity index (χ1v) is 9.07. The van der Waals surface area contributed by atoms with E-state index in [9.17, 15) is 4.79 Å². The van der Waals surface area contributed by atoms with E-state index in [0.717, 1.165) is 38.0 Å². The summed E-state index contributed by atoms with van der Waals surface area (Å²) in [6.45, 7) is 2.70. The Morgan fingerprint density at radius 2 is 2.35 bits per heavy atom. The van der Waals surface area contributed by atoms with Crippen LogP contribution in [0.3, 0.4) is 0 Å². The number of amides is 1. The lowest BCUT2D eigenvalue weighted by atomic mass is 9.92. The summed E-state index contributed by atoms with van der Waals surface area (Å²) in [5, 5.41) is 3.23. The fourth-order valence-electron chi connectivity index (χ4n) is 3.94. The molecule has 0 radical (unpaired) electrons. The van der Waals surface area contributed by atoms with Gasteiger partial charge in [-0.3, -0.25) is 9.69 Å². The first kappa shape index (κ1) is 14.9. The first-order valence-electron chi connectivity index (χ1n) is 8.19. The van der Waals surface area contributed by atoms with Crippen molar-refractivity contribution in [2.45, 2.75) is 31.8 Å². The van der Waals surface area contributed by atoms with Crippen molar-refractivity contribution in [1.82, 2.24) is 19.8 Å². The van der Waals surface area contributed by atoms with E-state index in [1.165, 1.54) is 11.4 Å². The first-order chi connectivity index (χ1) is 11.2. The monoisotopic (exact) mass is 330 g/mol. The Bertz CT molecular complexity index is 659. The van der Waals surface area contributed by atoms with Gasteiger partial charge in [0.15, 0.2) is 0 Å². The van der Waals surface area contributed by atoms with E-state index in [0.29, 0.717) is 11.5 Å². The molecule has 1 atom stereocenters. The van der Waals surface area contributed by atoms with Crippen molar-refractivity contribution in [1.29, 1.82) is 0 Å². The molecule has 1 saturated carbocycles. The summed E-state index contributed by atoms with van der Waals surface area (Å²) in [4.78, 5) is 24.2. The summed E-state index contributed by atoms with van der Waals surface area (Å²) in [5.41, 5.74) is 1.20. The molecule has 2 aromatic heterocycles. The van der Waals surface area contributed by atoms with Gasteiger partial charge >= 0.3 is 0 Å². The molecule has 1 spiro atoms. The number of hydrogen-bond acceptors (Lipinski definition) is 4. The Labute approximate surface area is 140 Å². The second-order valence-electron chi connectivity index (χ2n) is 6.82. The Hall–Kier alpha value is -1.66. The Morgan fingerprint density at radius 3 is 3.00 bits per heavy atom. The average Bonchev–Trinajstić information content (AvgIpc) is 2.99. The molecule has 23 heavy (non-hydrogen) atoms. The molecule has 0 bridgehead atoms. The van der Waals surface area contributed by atoms with Crippen LogP contribution < -0.4 is 0 Å². The van der Waals surface area contributed by atoms with Crippen molar-refractivity contribution in [3.8, 4) is 0 Å². The van der Waals surface area contributed by atoms with Crippen molar-refractivity contribution in [3.63, 3.8) is 0 Å². The number of piperidine rings is 1. The second kappa shape index (κ2) is 5.76. The molecule has 1 aliphatic heterocycles. The van der Waals surface area contributed by atoms with Crippen LogP contribution in [0.5, 0.6) is 0 Å². The number of nitrogens with zero attached hydrogens (tertiary/aromatic N) is 3. The van der Waals surface area contributed by atoms with Gasteiger partial charge in [0.2, 0.25) is 0 Å². The van der Waals surface area contributed by atoms with E-state index in [1.807, 2.05) is 28.7 Å². The number of nitrogens with one attached hydrogen (secondary N) is 1. The third kappa shape index (κ3) is 2.81. The summed E-state index contributed by atoms with van der Waals surface area (Å²) < 4.78 is 0. The number of aromatic amines is 1. The van der Waals surface area contributed by atoms with E-state index in [2.05, 4.69) is 21.9 Å². The van der Waals surface area contributed by atoms with Gasteiger partial charge in [-0.15, -0.1) is 11.3 Å². The minimum absolute atomic E-state index is 0.162. The molecule has 1 aliphatic carbocycles. The third-order valence-electron chi connectivity index (χ3n) is 5.44. The van der Waals surface area contributed by atoms with E-state index >= 15 is 0 Å². The maximum atomic E-state index is 12.4. The number of H-pyrrole nitrogens is 1. The van der Waals surface area contributed by atoms with Gasteiger partial charge in [0.05, 0.1) is 12.1 Å². The van der Waals surface area contributed by atoms with Gasteiger partial charge in [-0.1, -0.05) is 0 Å². The molecule has 3 heterocycles. The second-order valence-corrected chi connectivity index (χ2v) is 7.79. The number of carbonyl (C=O) groups is 1. The number of likely N-dealkylation sites (tertiary alicyclic amines) is 1. The highest BCUT2D eigenvalue weighted by Gasteiger charge is 2.56. The van der Waals surface area contributed by atoms with E-state index < -0.39 is 0 Å². The quantitative estimate of drug-likeness (QED) is 0.937. The zero-order chi connectivity index (χ0) is 15.9. The molecule has 2 aromatic rings. The molecular formula is C17H22N4OS. The fraction of sp³-hybridized carbons (Fsp3) is 0.529. The third-order valence-corrected chi connectivity index (χ3v) is 6.20. The lowest BCUT2D eigenvalue weighted by Crippen LogP contribution is -2.41.